The van der Waals surface area contributed by atoms with Crippen molar-refractivity contribution < 1.29 is 4.79 Å². The number of hydrogen-bond donors (Lipinski definition) is 1. The van der Waals surface area contributed by atoms with E-state index >= 15 is 0 Å². The number of aromatic nitrogens is 4. The molecule has 1 fully saturated rings. The molecule has 5 heterocycles. The molecule has 3 aromatic heterocycles. The second kappa shape index (κ2) is 7.31. The average molecular weight is 411 g/mol. The van der Waals surface area contributed by atoms with Gasteiger partial charge >= 0.3 is 0 Å². The molecule has 2 aliphatic rings. The molecule has 5 rings (SSSR count). The molecule has 0 aromatic carbocycles. The number of fused-ring (bicyclic) bond motifs is 1. The molecule has 0 radical (unpaired) electrons. The number of likely N-dealkylation sites (tertiary alicyclic amines) is 1. The standard InChI is InChI=1S/C21H23ClN6O/c1-26-9-6-15(7-10-26)28-21-17(13-24-28)16(11-20(29)25-21)18-3-2-8-27(18)19-5-4-14(22)12-23-19/h2-5,8,12-13,15-16H,6-7,9-11H2,1H3,(H,25,29). The molecule has 8 heteroatoms. The number of nitrogens with zero attached hydrogens (tertiary/aromatic N) is 5. The van der Waals surface area contributed by atoms with Crippen LogP contribution in [0.5, 0.6) is 0 Å². The Labute approximate surface area is 174 Å². The zero-order chi connectivity index (χ0) is 20.0. The van der Waals surface area contributed by atoms with E-state index in [1.54, 1.807) is 6.20 Å². The Bertz CT molecular complexity index is 1030. The molecule has 7 nitrogen and oxygen atoms in total. The Kier molecular flexibility index (Phi) is 4.64. The van der Waals surface area contributed by atoms with Crippen LogP contribution < -0.4 is 5.32 Å². The zero-order valence-electron chi connectivity index (χ0n) is 16.3. The quantitative estimate of drug-likeness (QED) is 0.718. The minimum atomic E-state index is -0.0637. The number of amides is 1. The summed E-state index contributed by atoms with van der Waals surface area (Å²) in [6.07, 6.45) is 8.00. The van der Waals surface area contributed by atoms with Gasteiger partial charge in [-0.25, -0.2) is 9.67 Å². The second-order valence-corrected chi connectivity index (χ2v) is 8.31. The van der Waals surface area contributed by atoms with Crippen molar-refractivity contribution >= 4 is 23.3 Å². The van der Waals surface area contributed by atoms with Crippen LogP contribution in [0.1, 0.15) is 42.5 Å². The van der Waals surface area contributed by atoms with Gasteiger partial charge in [0.25, 0.3) is 0 Å². The minimum Gasteiger partial charge on any atom is -0.311 e. The lowest BCUT2D eigenvalue weighted by atomic mass is 9.91. The largest absolute Gasteiger partial charge is 0.311 e. The first-order chi connectivity index (χ1) is 14.1. The third-order valence-corrected chi connectivity index (χ3v) is 6.20. The molecule has 1 unspecified atom stereocenters. The van der Waals surface area contributed by atoms with Gasteiger partial charge < -0.3 is 14.8 Å². The number of halogens is 1. The van der Waals surface area contributed by atoms with Crippen LogP contribution in [0.25, 0.3) is 5.82 Å². The number of nitrogens with one attached hydrogen (secondary N) is 1. The van der Waals surface area contributed by atoms with Crippen molar-refractivity contribution in [3.05, 3.63) is 59.1 Å². The van der Waals surface area contributed by atoms with Crippen molar-refractivity contribution in [2.75, 3.05) is 25.5 Å². The molecule has 29 heavy (non-hydrogen) atoms. The molecule has 1 atom stereocenters. The lowest BCUT2D eigenvalue weighted by Gasteiger charge is -2.31. The highest BCUT2D eigenvalue weighted by Gasteiger charge is 2.34. The lowest BCUT2D eigenvalue weighted by Crippen LogP contribution is -2.33. The lowest BCUT2D eigenvalue weighted by molar-refractivity contribution is -0.116. The first-order valence-corrected chi connectivity index (χ1v) is 10.3. The molecular formula is C21H23ClN6O. The van der Waals surface area contributed by atoms with Crippen LogP contribution in [0.3, 0.4) is 0 Å². The maximum Gasteiger partial charge on any atom is 0.226 e. The van der Waals surface area contributed by atoms with Crippen LogP contribution in [-0.4, -0.2) is 50.3 Å². The Morgan fingerprint density at radius 1 is 1.17 bits per heavy atom. The number of hydrogen-bond acceptors (Lipinski definition) is 4. The van der Waals surface area contributed by atoms with Gasteiger partial charge in [-0.15, -0.1) is 0 Å². The van der Waals surface area contributed by atoms with Crippen molar-refractivity contribution in [1.29, 1.82) is 0 Å². The van der Waals surface area contributed by atoms with E-state index in [9.17, 15) is 4.79 Å². The summed E-state index contributed by atoms with van der Waals surface area (Å²) in [5.41, 5.74) is 2.09. The average Bonchev–Trinajstić information content (AvgIpc) is 3.36. The van der Waals surface area contributed by atoms with E-state index in [0.717, 1.165) is 48.8 Å². The van der Waals surface area contributed by atoms with Crippen molar-refractivity contribution in [1.82, 2.24) is 24.2 Å². The Balaban J connectivity index is 1.52. The van der Waals surface area contributed by atoms with Crippen LogP contribution in [-0.2, 0) is 4.79 Å². The van der Waals surface area contributed by atoms with E-state index in [4.69, 9.17) is 16.7 Å². The number of piperidine rings is 1. The van der Waals surface area contributed by atoms with Crippen LogP contribution in [0.15, 0.2) is 42.9 Å². The summed E-state index contributed by atoms with van der Waals surface area (Å²) in [4.78, 5) is 19.4. The van der Waals surface area contributed by atoms with Crippen LogP contribution in [0.4, 0.5) is 5.82 Å². The third-order valence-electron chi connectivity index (χ3n) is 5.98. The fraction of sp³-hybridized carbons (Fsp3) is 0.381. The highest BCUT2D eigenvalue weighted by atomic mass is 35.5. The molecular weight excluding hydrogens is 388 g/mol. The zero-order valence-corrected chi connectivity index (χ0v) is 17.0. The van der Waals surface area contributed by atoms with E-state index in [-0.39, 0.29) is 11.8 Å². The highest BCUT2D eigenvalue weighted by molar-refractivity contribution is 6.30. The van der Waals surface area contributed by atoms with Crippen molar-refractivity contribution in [3.8, 4) is 5.82 Å². The molecule has 0 aliphatic carbocycles. The first kappa shape index (κ1) is 18.4. The van der Waals surface area contributed by atoms with Crippen molar-refractivity contribution in [2.24, 2.45) is 0 Å². The normalized spacial score (nSPS) is 20.5. The number of carbonyl (C=O) groups is 1. The molecule has 1 saturated heterocycles. The molecule has 150 valence electrons. The van der Waals surface area contributed by atoms with E-state index in [2.05, 4.69) is 28.3 Å². The van der Waals surface area contributed by atoms with Gasteiger partial charge in [-0.05, 0) is 57.2 Å². The minimum absolute atomic E-state index is 0.0222. The summed E-state index contributed by atoms with van der Waals surface area (Å²) in [7, 11) is 2.14. The van der Waals surface area contributed by atoms with Crippen molar-refractivity contribution in [3.63, 3.8) is 0 Å². The number of pyridine rings is 1. The fourth-order valence-electron chi connectivity index (χ4n) is 4.42. The van der Waals surface area contributed by atoms with Gasteiger partial charge in [0.15, 0.2) is 0 Å². The molecule has 0 bridgehead atoms. The van der Waals surface area contributed by atoms with Gasteiger partial charge in [0.1, 0.15) is 11.6 Å². The number of carbonyl (C=O) groups excluding carboxylic acids is 1. The predicted octanol–water partition coefficient (Wildman–Crippen LogP) is 3.46. The Morgan fingerprint density at radius 2 is 2.00 bits per heavy atom. The van der Waals surface area contributed by atoms with Gasteiger partial charge in [-0.1, -0.05) is 11.6 Å². The predicted molar refractivity (Wildman–Crippen MR) is 112 cm³/mol. The summed E-state index contributed by atoms with van der Waals surface area (Å²) in [6, 6.07) is 8.07. The van der Waals surface area contributed by atoms with E-state index < -0.39 is 0 Å². The first-order valence-electron chi connectivity index (χ1n) is 9.95. The second-order valence-electron chi connectivity index (χ2n) is 7.87. The number of rotatable bonds is 3. The summed E-state index contributed by atoms with van der Waals surface area (Å²) in [5, 5.41) is 8.38. The van der Waals surface area contributed by atoms with Gasteiger partial charge in [-0.2, -0.15) is 5.10 Å². The van der Waals surface area contributed by atoms with Crippen LogP contribution >= 0.6 is 11.6 Å². The van der Waals surface area contributed by atoms with Gasteiger partial charge in [0.2, 0.25) is 5.91 Å². The molecule has 1 amide bonds. The fourth-order valence-corrected chi connectivity index (χ4v) is 4.53. The van der Waals surface area contributed by atoms with Crippen molar-refractivity contribution in [2.45, 2.75) is 31.2 Å². The smallest absolute Gasteiger partial charge is 0.226 e. The SMILES string of the molecule is CN1CCC(n2ncc3c2NC(=O)CC3c2cccn2-c2ccc(Cl)cn2)CC1. The Hall–Kier alpha value is -2.64. The monoisotopic (exact) mass is 410 g/mol. The Morgan fingerprint density at radius 3 is 2.76 bits per heavy atom. The molecule has 2 aliphatic heterocycles. The van der Waals surface area contributed by atoms with E-state index in [0.29, 0.717) is 17.5 Å². The maximum absolute atomic E-state index is 12.6. The molecule has 1 N–H and O–H groups in total. The molecule has 0 saturated carbocycles. The van der Waals surface area contributed by atoms with Gasteiger partial charge in [-0.3, -0.25) is 4.79 Å². The summed E-state index contributed by atoms with van der Waals surface area (Å²) in [6.45, 7) is 2.09. The van der Waals surface area contributed by atoms with E-state index in [1.165, 1.54) is 0 Å². The van der Waals surface area contributed by atoms with Gasteiger partial charge in [0, 0.05) is 36.0 Å². The number of anilines is 1. The van der Waals surface area contributed by atoms with Crippen LogP contribution in [0.2, 0.25) is 5.02 Å². The molecule has 3 aromatic rings. The topological polar surface area (TPSA) is 68.0 Å². The summed E-state index contributed by atoms with van der Waals surface area (Å²) in [5.74, 6) is 1.59. The maximum atomic E-state index is 12.6. The highest BCUT2D eigenvalue weighted by Crippen LogP contribution is 2.40. The van der Waals surface area contributed by atoms with Gasteiger partial charge in [0.05, 0.1) is 17.3 Å². The van der Waals surface area contributed by atoms with E-state index in [1.807, 2.05) is 39.8 Å². The molecule has 0 spiro atoms. The third kappa shape index (κ3) is 3.34. The summed E-state index contributed by atoms with van der Waals surface area (Å²) < 4.78 is 4.05. The summed E-state index contributed by atoms with van der Waals surface area (Å²) >= 11 is 5.99. The van der Waals surface area contributed by atoms with Crippen LogP contribution in [0, 0.1) is 0 Å².